The molecule has 4 heteroatoms. The third kappa shape index (κ3) is 3.71. The van der Waals surface area contributed by atoms with Gasteiger partial charge in [-0.15, -0.1) is 0 Å². The number of aromatic hydroxyl groups is 1. The molecular weight excluding hydrogens is 370 g/mol. The Kier molecular flexibility index (Phi) is 5.00. The lowest BCUT2D eigenvalue weighted by Crippen LogP contribution is -1.92. The summed E-state index contributed by atoms with van der Waals surface area (Å²) in [5.74, 6) is 0.941. The van der Waals surface area contributed by atoms with Crippen molar-refractivity contribution in [2.24, 2.45) is 0 Å². The number of pyridine rings is 1. The average Bonchev–Trinajstić information content (AvgIpc) is 2.76. The summed E-state index contributed by atoms with van der Waals surface area (Å²) in [7, 11) is 1.65. The third-order valence-corrected chi connectivity index (χ3v) is 4.79. The summed E-state index contributed by atoms with van der Waals surface area (Å²) in [5, 5.41) is 10.9. The summed E-state index contributed by atoms with van der Waals surface area (Å²) < 4.78 is 5.26. The molecule has 0 atom stereocenters. The number of halogens is 1. The van der Waals surface area contributed by atoms with Crippen molar-refractivity contribution in [2.45, 2.75) is 0 Å². The fourth-order valence-electron chi connectivity index (χ4n) is 3.09. The quantitative estimate of drug-likeness (QED) is 0.437. The van der Waals surface area contributed by atoms with Gasteiger partial charge in [0.15, 0.2) is 0 Å². The SMILES string of the molecule is COc1ccc(-c2cc(-c3ccccc3)nc(-c3cc(Cl)ccc3O)c2)cc1. The van der Waals surface area contributed by atoms with E-state index in [4.69, 9.17) is 21.3 Å². The number of methoxy groups -OCH3 is 1. The first-order valence-corrected chi connectivity index (χ1v) is 9.22. The molecule has 0 amide bonds. The van der Waals surface area contributed by atoms with Crippen molar-refractivity contribution in [3.8, 4) is 45.1 Å². The molecule has 0 bridgehead atoms. The van der Waals surface area contributed by atoms with Crippen LogP contribution in [0.3, 0.4) is 0 Å². The first kappa shape index (κ1) is 18.1. The molecule has 0 saturated heterocycles. The molecule has 0 aliphatic rings. The van der Waals surface area contributed by atoms with E-state index in [0.717, 1.165) is 28.1 Å². The number of hydrogen-bond donors (Lipinski definition) is 1. The van der Waals surface area contributed by atoms with E-state index in [-0.39, 0.29) is 5.75 Å². The summed E-state index contributed by atoms with van der Waals surface area (Å²) >= 11 is 6.16. The molecule has 0 radical (unpaired) electrons. The van der Waals surface area contributed by atoms with Crippen LogP contribution in [0.5, 0.6) is 11.5 Å². The summed E-state index contributed by atoms with van der Waals surface area (Å²) in [6.45, 7) is 0. The van der Waals surface area contributed by atoms with Crippen LogP contribution in [-0.2, 0) is 0 Å². The third-order valence-electron chi connectivity index (χ3n) is 4.55. The lowest BCUT2D eigenvalue weighted by molar-refractivity contribution is 0.415. The van der Waals surface area contributed by atoms with Crippen molar-refractivity contribution in [1.29, 1.82) is 0 Å². The fourth-order valence-corrected chi connectivity index (χ4v) is 3.26. The van der Waals surface area contributed by atoms with Gasteiger partial charge in [0.25, 0.3) is 0 Å². The molecule has 1 aromatic heterocycles. The largest absolute Gasteiger partial charge is 0.507 e. The Morgan fingerprint density at radius 2 is 1.46 bits per heavy atom. The number of ether oxygens (including phenoxy) is 1. The minimum Gasteiger partial charge on any atom is -0.507 e. The van der Waals surface area contributed by atoms with Crippen molar-refractivity contribution in [3.05, 3.63) is 90.0 Å². The predicted molar refractivity (Wildman–Crippen MR) is 114 cm³/mol. The maximum Gasteiger partial charge on any atom is 0.125 e. The van der Waals surface area contributed by atoms with E-state index in [1.54, 1.807) is 25.3 Å². The molecular formula is C24H18ClNO2. The number of benzene rings is 3. The highest BCUT2D eigenvalue weighted by Crippen LogP contribution is 2.35. The highest BCUT2D eigenvalue weighted by atomic mass is 35.5. The molecule has 0 aliphatic heterocycles. The van der Waals surface area contributed by atoms with Gasteiger partial charge in [-0.2, -0.15) is 0 Å². The van der Waals surface area contributed by atoms with E-state index in [0.29, 0.717) is 16.3 Å². The van der Waals surface area contributed by atoms with Crippen LogP contribution < -0.4 is 4.74 Å². The van der Waals surface area contributed by atoms with Gasteiger partial charge < -0.3 is 9.84 Å². The second-order valence-corrected chi connectivity index (χ2v) is 6.82. The molecule has 1 N–H and O–H groups in total. The smallest absolute Gasteiger partial charge is 0.125 e. The molecule has 0 fully saturated rings. The minimum absolute atomic E-state index is 0.141. The Morgan fingerprint density at radius 3 is 2.18 bits per heavy atom. The van der Waals surface area contributed by atoms with Gasteiger partial charge in [-0.25, -0.2) is 4.98 Å². The predicted octanol–water partition coefficient (Wildman–Crippen LogP) is 6.45. The van der Waals surface area contributed by atoms with E-state index in [1.165, 1.54) is 0 Å². The zero-order valence-corrected chi connectivity index (χ0v) is 16.0. The lowest BCUT2D eigenvalue weighted by atomic mass is 9.99. The molecule has 138 valence electrons. The summed E-state index contributed by atoms with van der Waals surface area (Å²) in [6, 6.07) is 26.8. The highest BCUT2D eigenvalue weighted by molar-refractivity contribution is 6.31. The van der Waals surface area contributed by atoms with Crippen LogP contribution in [0.1, 0.15) is 0 Å². The van der Waals surface area contributed by atoms with Gasteiger partial charge in [0, 0.05) is 16.1 Å². The van der Waals surface area contributed by atoms with Gasteiger partial charge in [0.2, 0.25) is 0 Å². The van der Waals surface area contributed by atoms with Crippen LogP contribution in [-0.4, -0.2) is 17.2 Å². The van der Waals surface area contributed by atoms with Crippen molar-refractivity contribution in [3.63, 3.8) is 0 Å². The lowest BCUT2D eigenvalue weighted by Gasteiger charge is -2.12. The standard InChI is InChI=1S/C24H18ClNO2/c1-28-20-10-7-16(8-11-20)18-13-22(17-5-3-2-4-6-17)26-23(14-18)21-15-19(25)9-12-24(21)27/h2-15,27H,1H3. The van der Waals surface area contributed by atoms with Gasteiger partial charge in [0.1, 0.15) is 11.5 Å². The van der Waals surface area contributed by atoms with Crippen LogP contribution in [0.25, 0.3) is 33.6 Å². The number of phenolic OH excluding ortho intramolecular Hbond substituents is 1. The molecule has 0 saturated carbocycles. The maximum atomic E-state index is 10.4. The van der Waals surface area contributed by atoms with Gasteiger partial charge in [-0.05, 0) is 53.6 Å². The van der Waals surface area contributed by atoms with Crippen molar-refractivity contribution in [1.82, 2.24) is 4.98 Å². The van der Waals surface area contributed by atoms with E-state index in [1.807, 2.05) is 66.7 Å². The normalized spacial score (nSPS) is 10.6. The van der Waals surface area contributed by atoms with Gasteiger partial charge in [-0.1, -0.05) is 54.1 Å². The van der Waals surface area contributed by atoms with E-state index in [2.05, 4.69) is 0 Å². The van der Waals surface area contributed by atoms with E-state index < -0.39 is 0 Å². The minimum atomic E-state index is 0.141. The highest BCUT2D eigenvalue weighted by Gasteiger charge is 2.12. The molecule has 28 heavy (non-hydrogen) atoms. The fraction of sp³-hybridized carbons (Fsp3) is 0.0417. The number of hydrogen-bond acceptors (Lipinski definition) is 3. The Bertz CT molecular complexity index is 1110. The monoisotopic (exact) mass is 387 g/mol. The van der Waals surface area contributed by atoms with E-state index in [9.17, 15) is 5.11 Å². The molecule has 0 unspecified atom stereocenters. The van der Waals surface area contributed by atoms with E-state index >= 15 is 0 Å². The second kappa shape index (κ2) is 7.75. The van der Waals surface area contributed by atoms with Crippen molar-refractivity contribution in [2.75, 3.05) is 7.11 Å². The molecule has 4 rings (SSSR count). The van der Waals surface area contributed by atoms with Gasteiger partial charge in [0.05, 0.1) is 18.5 Å². The summed E-state index contributed by atoms with van der Waals surface area (Å²) in [6.07, 6.45) is 0. The maximum absolute atomic E-state index is 10.4. The Balaban J connectivity index is 1.91. The van der Waals surface area contributed by atoms with Crippen LogP contribution in [0, 0.1) is 0 Å². The number of aromatic nitrogens is 1. The number of phenols is 1. The van der Waals surface area contributed by atoms with Crippen molar-refractivity contribution >= 4 is 11.6 Å². The summed E-state index contributed by atoms with van der Waals surface area (Å²) in [4.78, 5) is 4.79. The molecule has 4 aromatic rings. The molecule has 1 heterocycles. The van der Waals surface area contributed by atoms with Gasteiger partial charge >= 0.3 is 0 Å². The molecule has 0 aliphatic carbocycles. The molecule has 3 aromatic carbocycles. The first-order valence-electron chi connectivity index (χ1n) is 8.85. The zero-order valence-electron chi connectivity index (χ0n) is 15.3. The Labute approximate surface area is 168 Å². The Morgan fingerprint density at radius 1 is 0.750 bits per heavy atom. The number of rotatable bonds is 4. The summed E-state index contributed by atoms with van der Waals surface area (Å²) in [5.41, 5.74) is 5.10. The zero-order chi connectivity index (χ0) is 19.5. The number of nitrogens with zero attached hydrogens (tertiary/aromatic N) is 1. The van der Waals surface area contributed by atoms with Crippen LogP contribution in [0.15, 0.2) is 84.9 Å². The molecule has 3 nitrogen and oxygen atoms in total. The van der Waals surface area contributed by atoms with Crippen LogP contribution in [0.4, 0.5) is 0 Å². The van der Waals surface area contributed by atoms with Gasteiger partial charge in [-0.3, -0.25) is 0 Å². The van der Waals surface area contributed by atoms with Crippen molar-refractivity contribution < 1.29 is 9.84 Å². The topological polar surface area (TPSA) is 42.4 Å². The first-order chi connectivity index (χ1) is 13.6. The van der Waals surface area contributed by atoms with Crippen LogP contribution >= 0.6 is 11.6 Å². The average molecular weight is 388 g/mol. The second-order valence-electron chi connectivity index (χ2n) is 6.38. The Hall–Kier alpha value is -3.30. The van der Waals surface area contributed by atoms with Crippen LogP contribution in [0.2, 0.25) is 5.02 Å². The molecule has 0 spiro atoms.